The quantitative estimate of drug-likeness (QED) is 0.489. The van der Waals surface area contributed by atoms with E-state index in [2.05, 4.69) is 10.6 Å². The Morgan fingerprint density at radius 3 is 2.09 bits per heavy atom. The number of aliphatic carboxylic acids is 1. The van der Waals surface area contributed by atoms with E-state index in [1.165, 1.54) is 0 Å². The van der Waals surface area contributed by atoms with Crippen LogP contribution in [0, 0.1) is 23.7 Å². The van der Waals surface area contributed by atoms with E-state index in [-0.39, 0.29) is 29.6 Å². The summed E-state index contributed by atoms with van der Waals surface area (Å²) in [6, 6.07) is -0.661. The molecule has 0 spiro atoms. The topological polar surface area (TPSA) is 125 Å². The highest BCUT2D eigenvalue weighted by molar-refractivity contribution is 5.86. The van der Waals surface area contributed by atoms with Crippen LogP contribution in [0.2, 0.25) is 0 Å². The zero-order valence-electron chi connectivity index (χ0n) is 21.4. The van der Waals surface area contributed by atoms with Gasteiger partial charge in [-0.05, 0) is 71.1 Å². The molecule has 2 atom stereocenters. The second kappa shape index (κ2) is 12.4. The monoisotopic (exact) mass is 481 g/mol. The number of likely N-dealkylation sites (tertiary alicyclic amines) is 1. The number of nitrogens with one attached hydrogen (secondary N) is 2. The van der Waals surface area contributed by atoms with E-state index in [0.717, 1.165) is 19.3 Å². The zero-order chi connectivity index (χ0) is 25.5. The summed E-state index contributed by atoms with van der Waals surface area (Å²) in [5.41, 5.74) is -0.644. The number of hydrogen-bond donors (Lipinski definition) is 3. The summed E-state index contributed by atoms with van der Waals surface area (Å²) < 4.78 is 5.34. The van der Waals surface area contributed by atoms with Crippen molar-refractivity contribution in [1.82, 2.24) is 15.5 Å². The van der Waals surface area contributed by atoms with Crippen LogP contribution >= 0.6 is 0 Å². The van der Waals surface area contributed by atoms with Crippen molar-refractivity contribution in [3.8, 4) is 0 Å². The van der Waals surface area contributed by atoms with E-state index in [0.29, 0.717) is 51.2 Å². The zero-order valence-corrected chi connectivity index (χ0v) is 21.4. The van der Waals surface area contributed by atoms with Crippen LogP contribution < -0.4 is 10.6 Å². The average molecular weight is 482 g/mol. The predicted molar refractivity (Wildman–Crippen MR) is 128 cm³/mol. The van der Waals surface area contributed by atoms with Crippen LogP contribution in [0.25, 0.3) is 0 Å². The average Bonchev–Trinajstić information content (AvgIpc) is 2.79. The highest BCUT2D eigenvalue weighted by Gasteiger charge is 2.35. The summed E-state index contributed by atoms with van der Waals surface area (Å²) in [6.45, 7) is 10.8. The molecule has 3 N–H and O–H groups in total. The molecule has 3 amide bonds. The maximum Gasteiger partial charge on any atom is 0.408 e. The molecule has 0 radical (unpaired) electrons. The van der Waals surface area contributed by atoms with Crippen molar-refractivity contribution in [3.63, 3.8) is 0 Å². The maximum atomic E-state index is 13.2. The van der Waals surface area contributed by atoms with Gasteiger partial charge in [0.25, 0.3) is 0 Å². The third kappa shape index (κ3) is 8.47. The molecule has 9 nitrogen and oxygen atoms in total. The van der Waals surface area contributed by atoms with Crippen molar-refractivity contribution in [2.24, 2.45) is 23.7 Å². The molecule has 1 saturated carbocycles. The number of nitrogens with zero attached hydrogens (tertiary/aromatic N) is 1. The van der Waals surface area contributed by atoms with E-state index >= 15 is 0 Å². The van der Waals surface area contributed by atoms with Crippen molar-refractivity contribution in [3.05, 3.63) is 0 Å². The number of ether oxygens (including phenoxy) is 1. The second-order valence-electron chi connectivity index (χ2n) is 10.9. The lowest BCUT2D eigenvalue weighted by Gasteiger charge is -2.36. The van der Waals surface area contributed by atoms with Crippen LogP contribution in [0.15, 0.2) is 0 Å². The number of carboxylic acids is 1. The molecule has 2 fully saturated rings. The minimum atomic E-state index is -0.722. The van der Waals surface area contributed by atoms with Gasteiger partial charge in [0.1, 0.15) is 11.6 Å². The van der Waals surface area contributed by atoms with Gasteiger partial charge >= 0.3 is 12.1 Å². The summed E-state index contributed by atoms with van der Waals surface area (Å²) in [6.07, 6.45) is 4.30. The number of carboxylic acid groups (broad SMARTS) is 1. The van der Waals surface area contributed by atoms with Gasteiger partial charge in [0, 0.05) is 25.6 Å². The first-order valence-electron chi connectivity index (χ1n) is 12.7. The largest absolute Gasteiger partial charge is 0.481 e. The smallest absolute Gasteiger partial charge is 0.408 e. The number of carbonyl (C=O) groups excluding carboxylic acids is 3. The molecule has 0 bridgehead atoms. The van der Waals surface area contributed by atoms with Crippen LogP contribution in [-0.4, -0.2) is 65.2 Å². The molecule has 34 heavy (non-hydrogen) atoms. The van der Waals surface area contributed by atoms with Gasteiger partial charge in [0.15, 0.2) is 0 Å². The third-order valence-corrected chi connectivity index (χ3v) is 7.09. The summed E-state index contributed by atoms with van der Waals surface area (Å²) in [4.78, 5) is 51.0. The van der Waals surface area contributed by atoms with Crippen molar-refractivity contribution in [1.29, 1.82) is 0 Å². The molecule has 1 heterocycles. The fourth-order valence-electron chi connectivity index (χ4n) is 4.68. The fourth-order valence-corrected chi connectivity index (χ4v) is 4.68. The Balaban J connectivity index is 1.81. The van der Waals surface area contributed by atoms with Crippen LogP contribution in [0.1, 0.15) is 79.6 Å². The van der Waals surface area contributed by atoms with Crippen molar-refractivity contribution < 1.29 is 29.0 Å². The minimum Gasteiger partial charge on any atom is -0.481 e. The molecular formula is C25H43N3O6. The molecule has 1 saturated heterocycles. The van der Waals surface area contributed by atoms with Gasteiger partial charge in [0.2, 0.25) is 11.8 Å². The van der Waals surface area contributed by atoms with Crippen molar-refractivity contribution in [2.45, 2.75) is 91.2 Å². The highest BCUT2D eigenvalue weighted by atomic mass is 16.6. The number of amides is 3. The Morgan fingerprint density at radius 2 is 1.59 bits per heavy atom. The highest BCUT2D eigenvalue weighted by Crippen LogP contribution is 2.29. The van der Waals surface area contributed by atoms with E-state index in [1.807, 2.05) is 13.8 Å². The van der Waals surface area contributed by atoms with Crippen molar-refractivity contribution >= 4 is 23.9 Å². The van der Waals surface area contributed by atoms with Crippen LogP contribution in [0.4, 0.5) is 4.79 Å². The molecule has 0 unspecified atom stereocenters. The Kier molecular flexibility index (Phi) is 10.2. The molecule has 0 aromatic carbocycles. The molecule has 194 valence electrons. The van der Waals surface area contributed by atoms with E-state index in [1.54, 1.807) is 25.7 Å². The first-order chi connectivity index (χ1) is 15.9. The Bertz CT molecular complexity index is 719. The van der Waals surface area contributed by atoms with Gasteiger partial charge in [-0.25, -0.2) is 4.79 Å². The van der Waals surface area contributed by atoms with Gasteiger partial charge in [-0.15, -0.1) is 0 Å². The van der Waals surface area contributed by atoms with E-state index in [9.17, 15) is 19.2 Å². The van der Waals surface area contributed by atoms with Gasteiger partial charge < -0.3 is 25.4 Å². The second-order valence-corrected chi connectivity index (χ2v) is 10.9. The third-order valence-electron chi connectivity index (χ3n) is 7.09. The fraction of sp³-hybridized carbons (Fsp3) is 0.840. The first-order valence-corrected chi connectivity index (χ1v) is 12.7. The van der Waals surface area contributed by atoms with Crippen molar-refractivity contribution in [2.75, 3.05) is 19.6 Å². The Hall–Kier alpha value is -2.32. The molecule has 2 rings (SSSR count). The summed E-state index contributed by atoms with van der Waals surface area (Å²) >= 11 is 0. The van der Waals surface area contributed by atoms with Crippen LogP contribution in [-0.2, 0) is 19.1 Å². The standard InChI is InChI=1S/C25H43N3O6/c1-6-16(2)20(27-24(33)34-25(3,4)5)22(30)28-13-11-18(12-14-28)21(29)26-15-17-7-9-19(10-8-17)23(31)32/h16-20H,6-15H2,1-5H3,(H,26,29)(H,27,33)(H,31,32)/t16-,17?,19?,20-/m0/s1. The first kappa shape index (κ1) is 27.9. The molecule has 0 aromatic rings. The van der Waals surface area contributed by atoms with E-state index < -0.39 is 23.7 Å². The van der Waals surface area contributed by atoms with Gasteiger partial charge in [-0.3, -0.25) is 14.4 Å². The SMILES string of the molecule is CC[C@H](C)[C@H](NC(=O)OC(C)(C)C)C(=O)N1CCC(C(=O)NCC2CCC(C(=O)O)CC2)CC1. The number of piperidine rings is 1. The predicted octanol–water partition coefficient (Wildman–Crippen LogP) is 3.17. The summed E-state index contributed by atoms with van der Waals surface area (Å²) in [7, 11) is 0. The number of rotatable bonds is 8. The number of alkyl carbamates (subject to hydrolysis) is 1. The molecule has 0 aromatic heterocycles. The Morgan fingerprint density at radius 1 is 1.00 bits per heavy atom. The van der Waals surface area contributed by atoms with Gasteiger partial charge in [-0.2, -0.15) is 0 Å². The lowest BCUT2D eigenvalue weighted by Crippen LogP contribution is -2.54. The Labute approximate surface area is 203 Å². The number of hydrogen-bond acceptors (Lipinski definition) is 5. The summed E-state index contributed by atoms with van der Waals surface area (Å²) in [5.74, 6) is -0.945. The lowest BCUT2D eigenvalue weighted by atomic mass is 9.82. The summed E-state index contributed by atoms with van der Waals surface area (Å²) in [5, 5.41) is 14.9. The normalized spacial score (nSPS) is 23.5. The minimum absolute atomic E-state index is 0.0119. The van der Waals surface area contributed by atoms with Gasteiger partial charge in [-0.1, -0.05) is 20.3 Å². The molecule has 1 aliphatic heterocycles. The molecule has 2 aliphatic rings. The van der Waals surface area contributed by atoms with Gasteiger partial charge in [0.05, 0.1) is 5.92 Å². The molecule has 9 heteroatoms. The molecular weight excluding hydrogens is 438 g/mol. The lowest BCUT2D eigenvalue weighted by molar-refractivity contribution is -0.143. The van der Waals surface area contributed by atoms with E-state index in [4.69, 9.17) is 9.84 Å². The molecule has 1 aliphatic carbocycles. The number of carbonyl (C=O) groups is 4. The maximum absolute atomic E-state index is 13.2. The van der Waals surface area contributed by atoms with Crippen LogP contribution in [0.5, 0.6) is 0 Å². The van der Waals surface area contributed by atoms with Crippen LogP contribution in [0.3, 0.4) is 0 Å².